The maximum atomic E-state index is 14.7. The van der Waals surface area contributed by atoms with Gasteiger partial charge in [-0.15, -0.1) is 0 Å². The Hall–Kier alpha value is -4.00. The van der Waals surface area contributed by atoms with Crippen molar-refractivity contribution in [3.8, 4) is 0 Å². The number of rotatable bonds is 7. The van der Waals surface area contributed by atoms with Crippen molar-refractivity contribution in [3.05, 3.63) is 129 Å². The van der Waals surface area contributed by atoms with Crippen molar-refractivity contribution in [2.45, 2.75) is 141 Å². The van der Waals surface area contributed by atoms with Crippen LogP contribution in [0.4, 0.5) is 0 Å². The molecule has 0 radical (unpaired) electrons. The molecular weight excluding hydrogens is 767 g/mol. The summed E-state index contributed by atoms with van der Waals surface area (Å²) >= 11 is 0. The van der Waals surface area contributed by atoms with Gasteiger partial charge in [-0.05, 0) is 143 Å². The minimum absolute atomic E-state index is 0.00116. The number of fused-ring (bicyclic) bond motifs is 4. The number of amides is 1. The lowest BCUT2D eigenvalue weighted by molar-refractivity contribution is -0.168. The number of nitrogens with one attached hydrogen (secondary N) is 2. The number of hydrogen-bond donors (Lipinski definition) is 8. The fourth-order valence-electron chi connectivity index (χ4n) is 10.9. The van der Waals surface area contributed by atoms with Crippen LogP contribution >= 0.6 is 0 Å². The number of Topliss-reactive ketones (excluding diaryl/α,β-unsaturated/α-hetero) is 1. The molecule has 2 aromatic rings. The van der Waals surface area contributed by atoms with Crippen molar-refractivity contribution >= 4 is 11.7 Å². The molecule has 2 aromatic carbocycles. The quantitative estimate of drug-likeness (QED) is 0.119. The Balaban J connectivity index is 1.40. The van der Waals surface area contributed by atoms with E-state index in [-0.39, 0.29) is 31.3 Å². The number of β-amino-alcohol motifs (C(OH)–C–C–N with tert-alkyl or cyclic N) is 1. The smallest absolute Gasteiger partial charge is 0.243 e. The summed E-state index contributed by atoms with van der Waals surface area (Å²) in [4.78, 5) is 28.2. The summed E-state index contributed by atoms with van der Waals surface area (Å²) in [6, 6.07) is 12.7. The first-order valence-corrected chi connectivity index (χ1v) is 22.3. The monoisotopic (exact) mass is 836 g/mol. The van der Waals surface area contributed by atoms with Crippen LogP contribution in [0.15, 0.2) is 101 Å². The van der Waals surface area contributed by atoms with E-state index in [1.807, 2.05) is 61.5 Å². The maximum absolute atomic E-state index is 14.7. The molecule has 9 atom stereocenters. The van der Waals surface area contributed by atoms with Gasteiger partial charge in [0, 0.05) is 24.3 Å². The second kappa shape index (κ2) is 20.0. The van der Waals surface area contributed by atoms with E-state index in [1.165, 1.54) is 5.57 Å². The van der Waals surface area contributed by atoms with E-state index < -0.39 is 53.4 Å². The minimum Gasteiger partial charge on any atom is -0.393 e. The number of aliphatic hydroxyl groups excluding tert-OH is 4. The van der Waals surface area contributed by atoms with Crippen LogP contribution in [0.5, 0.6) is 0 Å². The average molecular weight is 836 g/mol. The zero-order valence-corrected chi connectivity index (χ0v) is 36.6. The first kappa shape index (κ1) is 46.5. The molecular formula is C51H69N3O7. The summed E-state index contributed by atoms with van der Waals surface area (Å²) in [7, 11) is 0. The van der Waals surface area contributed by atoms with E-state index in [2.05, 4.69) is 43.2 Å². The Morgan fingerprint density at radius 3 is 2.49 bits per heavy atom. The van der Waals surface area contributed by atoms with E-state index in [0.29, 0.717) is 85.6 Å². The lowest BCUT2D eigenvalue weighted by atomic mass is 9.52. The number of benzene rings is 2. The number of aryl methyl sites for hydroxylation is 1. The van der Waals surface area contributed by atoms with Crippen LogP contribution in [0.1, 0.15) is 126 Å². The van der Waals surface area contributed by atoms with Crippen LogP contribution in [0, 0.1) is 17.3 Å². The average Bonchev–Trinajstić information content (AvgIpc) is 3.55. The summed E-state index contributed by atoms with van der Waals surface area (Å²) in [5.74, 6) is -1.34. The Bertz CT molecular complexity index is 2060. The molecule has 2 fully saturated rings. The number of carbonyl (C=O) groups is 2. The summed E-state index contributed by atoms with van der Waals surface area (Å²) in [5, 5.41) is 64.7. The van der Waals surface area contributed by atoms with Gasteiger partial charge in [-0.3, -0.25) is 14.9 Å². The normalized spacial score (nSPS) is 31.7. The first-order valence-electron chi connectivity index (χ1n) is 22.3. The number of aliphatic hydroxyl groups is 5. The highest BCUT2D eigenvalue weighted by atomic mass is 16.3. The second-order valence-electron chi connectivity index (χ2n) is 18.6. The fourth-order valence-corrected chi connectivity index (χ4v) is 10.9. The van der Waals surface area contributed by atoms with Crippen molar-refractivity contribution in [1.82, 2.24) is 10.6 Å². The van der Waals surface area contributed by atoms with Crippen molar-refractivity contribution in [2.75, 3.05) is 13.2 Å². The molecule has 2 bridgehead atoms. The highest BCUT2D eigenvalue weighted by Gasteiger charge is 2.64. The zero-order chi connectivity index (χ0) is 44.1. The molecule has 10 heteroatoms. The summed E-state index contributed by atoms with van der Waals surface area (Å²) < 4.78 is 0. The SMILES string of the molecule is C=C(C=CC=C(CO)[C@H]1CC[C@@]2([C@@H]3CC[C@H](O)Cc4cccc(c4)CC[C@H](O)CN[C@H]4C(=O)N[C@H](N)c5cccc(c54)CC(=O)C(C)=C3CC[C@@]2(C)O)[C@@H]1O)CCC=C(C)C. The predicted octanol–water partition coefficient (Wildman–Crippen LogP) is 6.22. The lowest BCUT2D eigenvalue weighted by Crippen LogP contribution is -2.59. The second-order valence-corrected chi connectivity index (χ2v) is 18.6. The molecule has 2 aliphatic heterocycles. The van der Waals surface area contributed by atoms with Gasteiger partial charge >= 0.3 is 0 Å². The van der Waals surface area contributed by atoms with Crippen molar-refractivity contribution in [3.63, 3.8) is 0 Å². The number of nitrogens with two attached hydrogens (primary N) is 1. The third-order valence-corrected chi connectivity index (χ3v) is 14.3. The Kier molecular flexibility index (Phi) is 15.3. The van der Waals surface area contributed by atoms with Crippen molar-refractivity contribution < 1.29 is 35.1 Å². The molecule has 2 heterocycles. The number of allylic oxidation sites excluding steroid dienone is 8. The molecule has 10 nitrogen and oxygen atoms in total. The Morgan fingerprint density at radius 2 is 1.74 bits per heavy atom. The molecule has 2 aliphatic carbocycles. The molecule has 0 aromatic heterocycles. The highest BCUT2D eigenvalue weighted by Crippen LogP contribution is 2.63. The first-order chi connectivity index (χ1) is 29.1. The summed E-state index contributed by atoms with van der Waals surface area (Å²) in [6.07, 6.45) is 10.3. The number of ketones is 1. The molecule has 0 unspecified atom stereocenters. The molecule has 330 valence electrons. The largest absolute Gasteiger partial charge is 0.393 e. The van der Waals surface area contributed by atoms with Crippen LogP contribution in [0.25, 0.3) is 0 Å². The van der Waals surface area contributed by atoms with E-state index in [4.69, 9.17) is 5.73 Å². The molecule has 0 saturated heterocycles. The predicted molar refractivity (Wildman–Crippen MR) is 240 cm³/mol. The molecule has 2 saturated carbocycles. The van der Waals surface area contributed by atoms with E-state index in [0.717, 1.165) is 35.1 Å². The van der Waals surface area contributed by atoms with Crippen LogP contribution in [-0.4, -0.2) is 74.3 Å². The zero-order valence-electron chi connectivity index (χ0n) is 36.6. The van der Waals surface area contributed by atoms with E-state index >= 15 is 0 Å². The van der Waals surface area contributed by atoms with Crippen molar-refractivity contribution in [2.24, 2.45) is 23.0 Å². The highest BCUT2D eigenvalue weighted by molar-refractivity contribution is 5.98. The molecule has 4 aliphatic rings. The Labute approximate surface area is 362 Å². The van der Waals surface area contributed by atoms with Gasteiger partial charge in [-0.25, -0.2) is 0 Å². The third-order valence-electron chi connectivity index (χ3n) is 14.3. The molecule has 61 heavy (non-hydrogen) atoms. The maximum Gasteiger partial charge on any atom is 0.243 e. The molecule has 6 rings (SSSR count). The van der Waals surface area contributed by atoms with Gasteiger partial charge in [-0.2, -0.15) is 0 Å². The lowest BCUT2D eigenvalue weighted by Gasteiger charge is -2.56. The number of carbonyl (C=O) groups excluding carboxylic acids is 2. The standard InChI is InChI=1S/C51H69N3O7/c1-31(2)10-6-11-32(3)12-7-16-37(30-55)41-23-25-51(47(41)59)43-21-20-38(56)27-35-14-8-13-34(26-35)18-19-39(57)29-53-46-45-36(15-9-17-42(45)48(52)54-49(46)60)28-44(58)33(4)40(43)22-24-50(51,5)61/h7-10,12-17,26,38-39,41,43,46-48,53,55-57,59,61H,3,6,11,18-25,27-30,52H2,1-2,4-5H3,(H,54,60)/t38-,39-,41+,43+,46+,47+,48-,50+,51+/m0/s1. The summed E-state index contributed by atoms with van der Waals surface area (Å²) in [5.41, 5.74) is 12.4. The van der Waals surface area contributed by atoms with Crippen molar-refractivity contribution in [1.29, 1.82) is 0 Å². The van der Waals surface area contributed by atoms with E-state index in [9.17, 15) is 35.1 Å². The third kappa shape index (κ3) is 10.3. The topological polar surface area (TPSA) is 185 Å². The van der Waals surface area contributed by atoms with E-state index in [1.54, 1.807) is 6.92 Å². The van der Waals surface area contributed by atoms with Crippen LogP contribution < -0.4 is 16.4 Å². The van der Waals surface area contributed by atoms with Gasteiger partial charge < -0.3 is 36.6 Å². The Morgan fingerprint density at radius 1 is 0.984 bits per heavy atom. The molecule has 1 amide bonds. The van der Waals surface area contributed by atoms with Crippen LogP contribution in [0.3, 0.4) is 0 Å². The minimum atomic E-state index is -1.31. The van der Waals surface area contributed by atoms with Gasteiger partial charge in [0.15, 0.2) is 5.78 Å². The van der Waals surface area contributed by atoms with Gasteiger partial charge in [0.2, 0.25) is 5.91 Å². The number of hydrogen-bond acceptors (Lipinski definition) is 9. The molecule has 9 N–H and O–H groups in total. The van der Waals surface area contributed by atoms with Crippen LogP contribution in [-0.2, 0) is 28.9 Å². The van der Waals surface area contributed by atoms with Gasteiger partial charge in [0.05, 0.1) is 30.5 Å². The van der Waals surface area contributed by atoms with Gasteiger partial charge in [0.25, 0.3) is 0 Å². The van der Waals surface area contributed by atoms with Crippen LogP contribution in [0.2, 0.25) is 0 Å². The van der Waals surface area contributed by atoms with Gasteiger partial charge in [0.1, 0.15) is 12.2 Å². The van der Waals surface area contributed by atoms with Gasteiger partial charge in [-0.1, -0.05) is 90.1 Å². The summed E-state index contributed by atoms with van der Waals surface area (Å²) in [6.45, 7) is 11.9. The fraction of sp³-hybridized carbons (Fsp3) is 0.529. The molecule has 1 spiro atoms.